The van der Waals surface area contributed by atoms with Crippen LogP contribution in [-0.2, 0) is 6.54 Å². The summed E-state index contributed by atoms with van der Waals surface area (Å²) in [6.07, 6.45) is 5.16. The molecular weight excluding hydrogens is 240 g/mol. The van der Waals surface area contributed by atoms with Crippen LogP contribution in [-0.4, -0.2) is 25.0 Å². The Kier molecular flexibility index (Phi) is 2.97. The Labute approximate surface area is 110 Å². The maximum absolute atomic E-state index is 4.16. The van der Waals surface area contributed by atoms with Gasteiger partial charge < -0.3 is 10.3 Å². The number of nitrogens with zero attached hydrogens (tertiary/aromatic N) is 4. The van der Waals surface area contributed by atoms with E-state index in [2.05, 4.69) is 25.5 Å². The third-order valence-electron chi connectivity index (χ3n) is 2.76. The molecular formula is C13H14N6. The van der Waals surface area contributed by atoms with Gasteiger partial charge in [0.15, 0.2) is 0 Å². The number of hydrogen-bond acceptors (Lipinski definition) is 4. The van der Waals surface area contributed by atoms with E-state index in [0.717, 1.165) is 29.4 Å². The first kappa shape index (κ1) is 11.5. The number of aromatic nitrogens is 5. The molecule has 0 saturated heterocycles. The smallest absolute Gasteiger partial charge is 0.103 e. The Morgan fingerprint density at radius 3 is 2.53 bits per heavy atom. The van der Waals surface area contributed by atoms with Crippen molar-refractivity contribution in [2.24, 2.45) is 0 Å². The van der Waals surface area contributed by atoms with Crippen LogP contribution in [0.2, 0.25) is 0 Å². The molecule has 3 aromatic rings. The van der Waals surface area contributed by atoms with Crippen LogP contribution < -0.4 is 5.32 Å². The molecule has 0 radical (unpaired) electrons. The topological polar surface area (TPSA) is 71.4 Å². The molecule has 6 nitrogen and oxygen atoms in total. The highest BCUT2D eigenvalue weighted by Crippen LogP contribution is 2.12. The molecule has 0 aliphatic heterocycles. The first-order valence-electron chi connectivity index (χ1n) is 6.02. The summed E-state index contributed by atoms with van der Waals surface area (Å²) in [5, 5.41) is 11.5. The number of H-pyrrole nitrogens is 1. The average molecular weight is 254 g/mol. The lowest BCUT2D eigenvalue weighted by molar-refractivity contribution is 0.752. The molecule has 6 heteroatoms. The average Bonchev–Trinajstić information content (AvgIpc) is 3.08. The number of aromatic amines is 1. The van der Waals surface area contributed by atoms with E-state index < -0.39 is 0 Å². The number of hydrogen-bond donors (Lipinski definition) is 2. The molecule has 0 bridgehead atoms. The van der Waals surface area contributed by atoms with Gasteiger partial charge in [0.25, 0.3) is 0 Å². The van der Waals surface area contributed by atoms with E-state index in [1.54, 1.807) is 17.2 Å². The molecule has 0 amide bonds. The van der Waals surface area contributed by atoms with E-state index >= 15 is 0 Å². The van der Waals surface area contributed by atoms with Crippen LogP contribution in [0.4, 0.5) is 5.69 Å². The molecule has 0 fully saturated rings. The molecule has 2 N–H and O–H groups in total. The predicted molar refractivity (Wildman–Crippen MR) is 72.0 cm³/mol. The fourth-order valence-electron chi connectivity index (χ4n) is 1.82. The fourth-order valence-corrected chi connectivity index (χ4v) is 1.82. The Balaban J connectivity index is 1.66. The van der Waals surface area contributed by atoms with Gasteiger partial charge in [-0.25, -0.2) is 4.98 Å². The van der Waals surface area contributed by atoms with Crippen molar-refractivity contribution in [3.05, 3.63) is 54.4 Å². The summed E-state index contributed by atoms with van der Waals surface area (Å²) in [5.74, 6) is 0.928. The predicted octanol–water partition coefficient (Wildman–Crippen LogP) is 1.91. The Morgan fingerprint density at radius 2 is 1.89 bits per heavy atom. The maximum atomic E-state index is 4.16. The highest BCUT2D eigenvalue weighted by molar-refractivity contribution is 5.48. The van der Waals surface area contributed by atoms with Gasteiger partial charge in [0.05, 0.1) is 36.5 Å². The van der Waals surface area contributed by atoms with E-state index in [1.165, 1.54) is 0 Å². The highest BCUT2D eigenvalue weighted by atomic mass is 15.5. The molecule has 2 heterocycles. The van der Waals surface area contributed by atoms with Crippen LogP contribution in [0.3, 0.4) is 0 Å². The monoisotopic (exact) mass is 254 g/mol. The van der Waals surface area contributed by atoms with E-state index in [-0.39, 0.29) is 0 Å². The molecule has 0 aliphatic carbocycles. The van der Waals surface area contributed by atoms with Gasteiger partial charge in [-0.15, -0.1) is 0 Å². The summed E-state index contributed by atoms with van der Waals surface area (Å²) in [4.78, 5) is 8.93. The van der Waals surface area contributed by atoms with E-state index in [0.29, 0.717) is 0 Å². The van der Waals surface area contributed by atoms with Crippen molar-refractivity contribution in [2.75, 3.05) is 5.32 Å². The number of imidazole rings is 1. The Morgan fingerprint density at radius 1 is 1.16 bits per heavy atom. The van der Waals surface area contributed by atoms with E-state index in [9.17, 15) is 0 Å². The number of rotatable bonds is 4. The Hall–Kier alpha value is -2.63. The van der Waals surface area contributed by atoms with Gasteiger partial charge in [-0.3, -0.25) is 0 Å². The van der Waals surface area contributed by atoms with Gasteiger partial charge in [-0.1, -0.05) is 0 Å². The number of benzene rings is 1. The van der Waals surface area contributed by atoms with Gasteiger partial charge >= 0.3 is 0 Å². The molecule has 2 aromatic heterocycles. The van der Waals surface area contributed by atoms with Crippen molar-refractivity contribution in [3.63, 3.8) is 0 Å². The van der Waals surface area contributed by atoms with E-state index in [1.807, 2.05) is 37.4 Å². The van der Waals surface area contributed by atoms with Gasteiger partial charge in [-0.2, -0.15) is 15.0 Å². The van der Waals surface area contributed by atoms with Gasteiger partial charge in [0.1, 0.15) is 5.82 Å². The second-order valence-corrected chi connectivity index (χ2v) is 4.21. The maximum Gasteiger partial charge on any atom is 0.103 e. The third kappa shape index (κ3) is 2.62. The minimum atomic E-state index is 0.722. The first-order valence-corrected chi connectivity index (χ1v) is 6.02. The van der Waals surface area contributed by atoms with Gasteiger partial charge in [0, 0.05) is 5.69 Å². The van der Waals surface area contributed by atoms with Crippen LogP contribution in [0.25, 0.3) is 5.69 Å². The fraction of sp³-hybridized carbons (Fsp3) is 0.154. The third-order valence-corrected chi connectivity index (χ3v) is 2.76. The van der Waals surface area contributed by atoms with Crippen LogP contribution in [0.5, 0.6) is 0 Å². The highest BCUT2D eigenvalue weighted by Gasteiger charge is 1.99. The van der Waals surface area contributed by atoms with Crippen molar-refractivity contribution >= 4 is 5.69 Å². The summed E-state index contributed by atoms with van der Waals surface area (Å²) < 4.78 is 0. The number of aryl methyl sites for hydroxylation is 1. The zero-order valence-electron chi connectivity index (χ0n) is 10.5. The lowest BCUT2D eigenvalue weighted by Gasteiger charge is -2.06. The van der Waals surface area contributed by atoms with Gasteiger partial charge in [-0.05, 0) is 31.2 Å². The number of nitrogens with one attached hydrogen (secondary N) is 2. The summed E-state index contributed by atoms with van der Waals surface area (Å²) >= 11 is 0. The lowest BCUT2D eigenvalue weighted by atomic mass is 10.3. The second-order valence-electron chi connectivity index (χ2n) is 4.21. The molecule has 1 aromatic carbocycles. The summed E-state index contributed by atoms with van der Waals surface area (Å²) in [6, 6.07) is 7.95. The van der Waals surface area contributed by atoms with Crippen molar-refractivity contribution in [3.8, 4) is 5.69 Å². The molecule has 0 aliphatic rings. The molecule has 96 valence electrons. The molecule has 19 heavy (non-hydrogen) atoms. The van der Waals surface area contributed by atoms with Gasteiger partial charge in [0.2, 0.25) is 0 Å². The summed E-state index contributed by atoms with van der Waals surface area (Å²) in [5.41, 5.74) is 3.05. The summed E-state index contributed by atoms with van der Waals surface area (Å²) in [6.45, 7) is 2.66. The van der Waals surface area contributed by atoms with Crippen molar-refractivity contribution in [2.45, 2.75) is 13.5 Å². The quantitative estimate of drug-likeness (QED) is 0.746. The second kappa shape index (κ2) is 4.93. The first-order chi connectivity index (χ1) is 9.31. The van der Waals surface area contributed by atoms with Crippen LogP contribution in [0.15, 0.2) is 42.9 Å². The standard InChI is InChI=1S/C13H14N6/c1-10-14-8-12(18-10)9-15-11-2-4-13(5-3-11)19-16-6-7-17-19/h2-8,15H,9H2,1H3,(H,14,18). The SMILES string of the molecule is Cc1ncc(CNc2ccc(-n3nccn3)cc2)[nH]1. The van der Waals surface area contributed by atoms with Crippen molar-refractivity contribution in [1.29, 1.82) is 0 Å². The zero-order valence-corrected chi connectivity index (χ0v) is 10.5. The molecule has 0 spiro atoms. The zero-order chi connectivity index (χ0) is 13.1. The largest absolute Gasteiger partial charge is 0.379 e. The van der Waals surface area contributed by atoms with Crippen LogP contribution in [0.1, 0.15) is 11.5 Å². The molecule has 3 rings (SSSR count). The lowest BCUT2D eigenvalue weighted by Crippen LogP contribution is -2.01. The summed E-state index contributed by atoms with van der Waals surface area (Å²) in [7, 11) is 0. The molecule has 0 atom stereocenters. The minimum Gasteiger partial charge on any atom is -0.379 e. The Bertz CT molecular complexity index is 638. The normalized spacial score (nSPS) is 10.6. The van der Waals surface area contributed by atoms with E-state index in [4.69, 9.17) is 0 Å². The van der Waals surface area contributed by atoms with Crippen LogP contribution in [0, 0.1) is 6.92 Å². The minimum absolute atomic E-state index is 0.722. The molecule has 0 saturated carbocycles. The molecule has 0 unspecified atom stereocenters. The van der Waals surface area contributed by atoms with Crippen molar-refractivity contribution < 1.29 is 0 Å². The van der Waals surface area contributed by atoms with Crippen LogP contribution >= 0.6 is 0 Å². The number of anilines is 1. The van der Waals surface area contributed by atoms with Crippen molar-refractivity contribution in [1.82, 2.24) is 25.0 Å².